The Hall–Kier alpha value is -1.91. The zero-order valence-corrected chi connectivity index (χ0v) is 8.17. The van der Waals surface area contributed by atoms with Crippen molar-refractivity contribution in [3.63, 3.8) is 0 Å². The van der Waals surface area contributed by atoms with Gasteiger partial charge in [0.2, 0.25) is 0 Å². The first-order chi connectivity index (χ1) is 7.36. The second-order valence-electron chi connectivity index (χ2n) is 3.71. The van der Waals surface area contributed by atoms with Gasteiger partial charge in [-0.3, -0.25) is 0 Å². The average Bonchev–Trinajstić information content (AvgIpc) is 2.98. The number of aromatic nitrogens is 4. The first-order valence-electron chi connectivity index (χ1n) is 4.95. The van der Waals surface area contributed by atoms with Crippen LogP contribution in [0.25, 0.3) is 11.4 Å². The molecule has 0 aromatic carbocycles. The molecule has 2 aromatic rings. The molecule has 0 spiro atoms. The van der Waals surface area contributed by atoms with Crippen molar-refractivity contribution < 1.29 is 0 Å². The lowest BCUT2D eigenvalue weighted by Gasteiger charge is -2.06. The summed E-state index contributed by atoms with van der Waals surface area (Å²) in [5, 5.41) is 0. The smallest absolute Gasteiger partial charge is 0.151 e. The molecular formula is C10H11N5. The van der Waals surface area contributed by atoms with Gasteiger partial charge in [0.25, 0.3) is 0 Å². The summed E-state index contributed by atoms with van der Waals surface area (Å²) in [6.07, 6.45) is 9.29. The number of nitrogens with zero attached hydrogens (tertiary/aromatic N) is 4. The van der Waals surface area contributed by atoms with Gasteiger partial charge in [0, 0.05) is 18.4 Å². The zero-order valence-electron chi connectivity index (χ0n) is 8.17. The number of imidazole rings is 1. The molecular weight excluding hydrogens is 190 g/mol. The molecule has 5 nitrogen and oxygen atoms in total. The topological polar surface area (TPSA) is 69.6 Å². The van der Waals surface area contributed by atoms with Crippen molar-refractivity contribution in [3.05, 3.63) is 24.9 Å². The lowest BCUT2D eigenvalue weighted by molar-refractivity contribution is 0.745. The fraction of sp³-hybridized carbons (Fsp3) is 0.300. The average molecular weight is 201 g/mol. The molecule has 1 fully saturated rings. The van der Waals surface area contributed by atoms with Crippen LogP contribution in [-0.2, 0) is 0 Å². The Morgan fingerprint density at radius 3 is 2.80 bits per heavy atom. The minimum absolute atomic E-state index is 0.458. The van der Waals surface area contributed by atoms with Gasteiger partial charge in [-0.15, -0.1) is 0 Å². The first-order valence-corrected chi connectivity index (χ1v) is 4.95. The van der Waals surface area contributed by atoms with Gasteiger partial charge in [-0.25, -0.2) is 15.0 Å². The van der Waals surface area contributed by atoms with Gasteiger partial charge in [-0.1, -0.05) is 0 Å². The Balaban J connectivity index is 2.12. The van der Waals surface area contributed by atoms with Gasteiger partial charge in [-0.05, 0) is 12.8 Å². The molecule has 0 atom stereocenters. The van der Waals surface area contributed by atoms with E-state index >= 15 is 0 Å². The lowest BCUT2D eigenvalue weighted by atomic mass is 10.3. The second kappa shape index (κ2) is 3.05. The van der Waals surface area contributed by atoms with Crippen molar-refractivity contribution in [1.29, 1.82) is 0 Å². The third kappa shape index (κ3) is 1.36. The van der Waals surface area contributed by atoms with Crippen LogP contribution in [0, 0.1) is 0 Å². The van der Waals surface area contributed by atoms with E-state index in [1.54, 1.807) is 18.6 Å². The van der Waals surface area contributed by atoms with Crippen molar-refractivity contribution in [1.82, 2.24) is 19.5 Å². The van der Waals surface area contributed by atoms with Gasteiger partial charge >= 0.3 is 0 Å². The molecule has 5 heteroatoms. The molecule has 0 unspecified atom stereocenters. The predicted molar refractivity (Wildman–Crippen MR) is 55.9 cm³/mol. The van der Waals surface area contributed by atoms with Crippen LogP contribution in [0.3, 0.4) is 0 Å². The Labute approximate surface area is 87.0 Å². The van der Waals surface area contributed by atoms with E-state index in [-0.39, 0.29) is 0 Å². The van der Waals surface area contributed by atoms with E-state index in [0.29, 0.717) is 11.9 Å². The molecule has 1 aliphatic carbocycles. The van der Waals surface area contributed by atoms with Gasteiger partial charge in [0.15, 0.2) is 5.82 Å². The molecule has 3 rings (SSSR count). The summed E-state index contributed by atoms with van der Waals surface area (Å²) in [7, 11) is 0. The standard InChI is InChI=1S/C10H11N5/c11-10-9(13-3-4-14-10)8-5-12-6-15(8)7-1-2-7/h3-7H,1-2H2,(H2,11,14). The van der Waals surface area contributed by atoms with E-state index in [2.05, 4.69) is 19.5 Å². The van der Waals surface area contributed by atoms with E-state index in [1.807, 2.05) is 6.33 Å². The van der Waals surface area contributed by atoms with E-state index < -0.39 is 0 Å². The maximum absolute atomic E-state index is 5.79. The van der Waals surface area contributed by atoms with Gasteiger partial charge in [-0.2, -0.15) is 0 Å². The molecule has 0 radical (unpaired) electrons. The molecule has 2 N–H and O–H groups in total. The number of nitrogens with two attached hydrogens (primary N) is 1. The molecule has 0 saturated heterocycles. The molecule has 2 aromatic heterocycles. The Bertz CT molecular complexity index is 486. The van der Waals surface area contributed by atoms with Gasteiger partial charge in [0.1, 0.15) is 5.69 Å². The van der Waals surface area contributed by atoms with E-state index in [0.717, 1.165) is 11.4 Å². The lowest BCUT2D eigenvalue weighted by Crippen LogP contribution is -2.01. The molecule has 0 aliphatic heterocycles. The third-order valence-corrected chi connectivity index (χ3v) is 2.58. The van der Waals surface area contributed by atoms with Crippen molar-refractivity contribution in [2.45, 2.75) is 18.9 Å². The molecule has 76 valence electrons. The summed E-state index contributed by atoms with van der Waals surface area (Å²) >= 11 is 0. The van der Waals surface area contributed by atoms with E-state index in [9.17, 15) is 0 Å². The summed E-state index contributed by atoms with van der Waals surface area (Å²) in [6, 6.07) is 0.573. The predicted octanol–water partition coefficient (Wildman–Crippen LogP) is 1.26. The fourth-order valence-corrected chi connectivity index (χ4v) is 1.68. The maximum Gasteiger partial charge on any atom is 0.151 e. The molecule has 1 aliphatic rings. The highest BCUT2D eigenvalue weighted by molar-refractivity contribution is 5.66. The van der Waals surface area contributed by atoms with Crippen LogP contribution in [0.5, 0.6) is 0 Å². The van der Waals surface area contributed by atoms with E-state index in [1.165, 1.54) is 12.8 Å². The maximum atomic E-state index is 5.79. The zero-order chi connectivity index (χ0) is 10.3. The molecule has 2 heterocycles. The minimum Gasteiger partial charge on any atom is -0.382 e. The van der Waals surface area contributed by atoms with Crippen LogP contribution in [0.15, 0.2) is 24.9 Å². The quantitative estimate of drug-likeness (QED) is 0.794. The van der Waals surface area contributed by atoms with Crippen molar-refractivity contribution in [3.8, 4) is 11.4 Å². The minimum atomic E-state index is 0.458. The van der Waals surface area contributed by atoms with Crippen LogP contribution in [0.4, 0.5) is 5.82 Å². The number of hydrogen-bond acceptors (Lipinski definition) is 4. The normalized spacial score (nSPS) is 15.5. The second-order valence-corrected chi connectivity index (χ2v) is 3.71. The Morgan fingerprint density at radius 2 is 2.07 bits per heavy atom. The third-order valence-electron chi connectivity index (χ3n) is 2.58. The highest BCUT2D eigenvalue weighted by Gasteiger charge is 2.26. The van der Waals surface area contributed by atoms with E-state index in [4.69, 9.17) is 5.73 Å². The summed E-state index contributed by atoms with van der Waals surface area (Å²) in [6.45, 7) is 0. The first kappa shape index (κ1) is 8.40. The highest BCUT2D eigenvalue weighted by atomic mass is 15.1. The molecule has 15 heavy (non-hydrogen) atoms. The Kier molecular flexibility index (Phi) is 1.71. The number of nitrogen functional groups attached to an aromatic ring is 1. The number of hydrogen-bond donors (Lipinski definition) is 1. The number of anilines is 1. The van der Waals surface area contributed by atoms with Crippen molar-refractivity contribution in [2.75, 3.05) is 5.73 Å². The fourth-order valence-electron chi connectivity index (χ4n) is 1.68. The van der Waals surface area contributed by atoms with Gasteiger partial charge < -0.3 is 10.3 Å². The Morgan fingerprint density at radius 1 is 1.27 bits per heavy atom. The monoisotopic (exact) mass is 201 g/mol. The summed E-state index contributed by atoms with van der Waals surface area (Å²) < 4.78 is 2.13. The molecule has 1 saturated carbocycles. The van der Waals surface area contributed by atoms with Gasteiger partial charge in [0.05, 0.1) is 18.2 Å². The van der Waals surface area contributed by atoms with Crippen LogP contribution >= 0.6 is 0 Å². The summed E-state index contributed by atoms with van der Waals surface area (Å²) in [4.78, 5) is 12.4. The van der Waals surface area contributed by atoms with Crippen LogP contribution in [0.1, 0.15) is 18.9 Å². The van der Waals surface area contributed by atoms with Crippen molar-refractivity contribution >= 4 is 5.82 Å². The number of rotatable bonds is 2. The van der Waals surface area contributed by atoms with Crippen molar-refractivity contribution in [2.24, 2.45) is 0 Å². The van der Waals surface area contributed by atoms with Crippen LogP contribution < -0.4 is 5.73 Å². The highest BCUT2D eigenvalue weighted by Crippen LogP contribution is 2.38. The summed E-state index contributed by atoms with van der Waals surface area (Å²) in [5.41, 5.74) is 7.47. The molecule has 0 amide bonds. The largest absolute Gasteiger partial charge is 0.382 e. The van der Waals surface area contributed by atoms with Crippen LogP contribution in [0.2, 0.25) is 0 Å². The summed E-state index contributed by atoms with van der Waals surface area (Å²) in [5.74, 6) is 0.458. The SMILES string of the molecule is Nc1nccnc1-c1cncn1C1CC1. The van der Waals surface area contributed by atoms with Crippen LogP contribution in [-0.4, -0.2) is 19.5 Å². The molecule has 0 bridgehead atoms.